The van der Waals surface area contributed by atoms with Crippen LogP contribution < -0.4 is 0 Å². The Balaban J connectivity index is 0. The third kappa shape index (κ3) is 35.4. The summed E-state index contributed by atoms with van der Waals surface area (Å²) in [6.45, 7) is 0. The minimum Gasteiger partial charge on any atom is -0.273 e. The molecule has 0 N–H and O–H groups in total. The fourth-order valence-corrected chi connectivity index (χ4v) is 0. The molecular weight excluding hydrogens is 289 g/mol. The summed E-state index contributed by atoms with van der Waals surface area (Å²) in [5.41, 5.74) is 0. The molecule has 0 aliphatic rings. The van der Waals surface area contributed by atoms with Crippen molar-refractivity contribution in [3.8, 4) is 0 Å². The molecular formula is CBr2ORu. The summed E-state index contributed by atoms with van der Waals surface area (Å²) < 4.78 is -0.208. The van der Waals surface area contributed by atoms with Gasteiger partial charge >= 0.3 is 0 Å². The van der Waals surface area contributed by atoms with Crippen molar-refractivity contribution in [2.45, 2.75) is 0 Å². The number of carbonyl (C=O) groups excluding carboxylic acids is 1. The van der Waals surface area contributed by atoms with Crippen molar-refractivity contribution in [1.82, 2.24) is 0 Å². The van der Waals surface area contributed by atoms with Crippen molar-refractivity contribution < 1.29 is 24.3 Å². The third-order valence-electron chi connectivity index (χ3n) is 0. The first kappa shape index (κ1) is 9.54. The second kappa shape index (κ2) is 5.25. The van der Waals surface area contributed by atoms with Gasteiger partial charge < -0.3 is 0 Å². The van der Waals surface area contributed by atoms with E-state index in [1.54, 1.807) is 0 Å². The molecule has 0 fully saturated rings. The fraction of sp³-hybridized carbons (Fsp3) is 0. The van der Waals surface area contributed by atoms with Gasteiger partial charge in [0, 0.05) is 51.3 Å². The molecule has 0 saturated heterocycles. The minimum absolute atomic E-state index is 0. The maximum atomic E-state index is 9.28. The van der Waals surface area contributed by atoms with Crippen LogP contribution in [0, 0.1) is 0 Å². The minimum atomic E-state index is -0.208. The standard InChI is InChI=1S/CBr2O.Ru/c2-1(3)4;. The van der Waals surface area contributed by atoms with Gasteiger partial charge in [-0.3, -0.25) is 4.79 Å². The largest absolute Gasteiger partial charge is 0.273 e. The van der Waals surface area contributed by atoms with E-state index in [0.29, 0.717) is 0 Å². The molecule has 0 bridgehead atoms. The topological polar surface area (TPSA) is 17.1 Å². The Morgan fingerprint density at radius 1 is 1.40 bits per heavy atom. The molecule has 0 aliphatic heterocycles. The monoisotopic (exact) mass is 288 g/mol. The molecule has 5 heavy (non-hydrogen) atoms. The number of hydrogen-bond donors (Lipinski definition) is 0. The van der Waals surface area contributed by atoms with E-state index in [-0.39, 0.29) is 23.1 Å². The Kier molecular flexibility index (Phi) is 10.0. The Morgan fingerprint density at radius 2 is 1.40 bits per heavy atom. The summed E-state index contributed by atoms with van der Waals surface area (Å²) >= 11 is 5.10. The summed E-state index contributed by atoms with van der Waals surface area (Å²) in [7, 11) is 0. The van der Waals surface area contributed by atoms with Gasteiger partial charge in [0.2, 0.25) is 0 Å². The summed E-state index contributed by atoms with van der Waals surface area (Å²) in [6, 6.07) is 0. The molecule has 0 saturated carbocycles. The first-order chi connectivity index (χ1) is 1.73. The molecule has 0 aromatic carbocycles. The van der Waals surface area contributed by atoms with Gasteiger partial charge in [0.05, 0.1) is 0 Å². The molecule has 0 atom stereocenters. The number of hydrogen-bond acceptors (Lipinski definition) is 1. The predicted octanol–water partition coefficient (Wildman–Crippen LogP) is 1.89. The zero-order valence-electron chi connectivity index (χ0n) is 2.02. The number of halogens is 2. The van der Waals surface area contributed by atoms with Crippen LogP contribution in [0.1, 0.15) is 0 Å². The molecule has 0 rings (SSSR count). The van der Waals surface area contributed by atoms with Gasteiger partial charge in [-0.05, 0) is 0 Å². The van der Waals surface area contributed by atoms with Gasteiger partial charge in [-0.2, -0.15) is 0 Å². The summed E-state index contributed by atoms with van der Waals surface area (Å²) in [6.07, 6.45) is 0. The molecule has 4 heteroatoms. The van der Waals surface area contributed by atoms with E-state index >= 15 is 0 Å². The van der Waals surface area contributed by atoms with Crippen LogP contribution in [0.15, 0.2) is 0 Å². The van der Waals surface area contributed by atoms with E-state index in [0.717, 1.165) is 0 Å². The Bertz CT molecular complexity index is 32.6. The number of carbonyl (C=O) groups is 1. The van der Waals surface area contributed by atoms with Crippen LogP contribution >= 0.6 is 31.9 Å². The Hall–Kier alpha value is 1.25. The zero-order valence-corrected chi connectivity index (χ0v) is 6.93. The second-order valence-corrected chi connectivity index (χ2v) is 2.73. The maximum absolute atomic E-state index is 9.28. The average molecular weight is 289 g/mol. The van der Waals surface area contributed by atoms with Crippen molar-refractivity contribution in [3.63, 3.8) is 0 Å². The average Bonchev–Trinajstić information content (AvgIpc) is 0.811. The van der Waals surface area contributed by atoms with Gasteiger partial charge in [0.1, 0.15) is 0 Å². The maximum Gasteiger partial charge on any atom is 0.262 e. The van der Waals surface area contributed by atoms with Crippen LogP contribution in [0.2, 0.25) is 0 Å². The Morgan fingerprint density at radius 3 is 1.40 bits per heavy atom. The van der Waals surface area contributed by atoms with E-state index in [4.69, 9.17) is 0 Å². The predicted molar refractivity (Wildman–Crippen MR) is 23.2 cm³/mol. The normalized spacial score (nSPS) is 5.20. The van der Waals surface area contributed by atoms with Crippen molar-refractivity contribution in [2.24, 2.45) is 0 Å². The van der Waals surface area contributed by atoms with Gasteiger partial charge in [-0.15, -0.1) is 0 Å². The molecule has 32 valence electrons. The zero-order chi connectivity index (χ0) is 3.58. The first-order valence-corrected chi connectivity index (χ1v) is 2.17. The van der Waals surface area contributed by atoms with Crippen molar-refractivity contribution in [1.29, 1.82) is 0 Å². The number of rotatable bonds is 0. The molecule has 0 aliphatic carbocycles. The van der Waals surface area contributed by atoms with Crippen LogP contribution in [0.5, 0.6) is 0 Å². The van der Waals surface area contributed by atoms with Crippen LogP contribution in [-0.2, 0) is 19.5 Å². The molecule has 0 aromatic rings. The smallest absolute Gasteiger partial charge is 0.262 e. The van der Waals surface area contributed by atoms with E-state index in [1.807, 2.05) is 0 Å². The fourth-order valence-electron chi connectivity index (χ4n) is 0. The van der Waals surface area contributed by atoms with Crippen molar-refractivity contribution >= 4 is 35.5 Å². The molecule has 0 spiro atoms. The van der Waals surface area contributed by atoms with E-state index in [9.17, 15) is 4.79 Å². The van der Waals surface area contributed by atoms with Crippen molar-refractivity contribution in [3.05, 3.63) is 0 Å². The van der Waals surface area contributed by atoms with Gasteiger partial charge in [-0.25, -0.2) is 0 Å². The van der Waals surface area contributed by atoms with Crippen LogP contribution in [0.25, 0.3) is 0 Å². The van der Waals surface area contributed by atoms with E-state index in [2.05, 4.69) is 31.9 Å². The summed E-state index contributed by atoms with van der Waals surface area (Å²) in [5.74, 6) is 0. The third-order valence-corrected chi connectivity index (χ3v) is 0. The summed E-state index contributed by atoms with van der Waals surface area (Å²) in [4.78, 5) is 9.28. The van der Waals surface area contributed by atoms with Gasteiger partial charge in [-0.1, -0.05) is 0 Å². The molecule has 1 nitrogen and oxygen atoms in total. The van der Waals surface area contributed by atoms with Crippen LogP contribution in [0.4, 0.5) is 4.79 Å². The van der Waals surface area contributed by atoms with Crippen LogP contribution in [-0.4, -0.2) is 3.60 Å². The quantitative estimate of drug-likeness (QED) is 0.491. The molecule has 0 heterocycles. The SMILES string of the molecule is O=C(Br)Br.[Ru]. The molecule has 0 unspecified atom stereocenters. The Labute approximate surface area is 59.5 Å². The molecule has 0 aromatic heterocycles. The molecule has 0 amide bonds. The molecule has 0 radical (unpaired) electrons. The van der Waals surface area contributed by atoms with E-state index in [1.165, 1.54) is 0 Å². The second-order valence-electron chi connectivity index (χ2n) is 0.226. The van der Waals surface area contributed by atoms with Gasteiger partial charge in [0.15, 0.2) is 0 Å². The summed E-state index contributed by atoms with van der Waals surface area (Å²) in [5, 5.41) is 0. The van der Waals surface area contributed by atoms with Gasteiger partial charge in [0.25, 0.3) is 3.60 Å². The van der Waals surface area contributed by atoms with E-state index < -0.39 is 0 Å². The first-order valence-electron chi connectivity index (χ1n) is 0.582. The van der Waals surface area contributed by atoms with Crippen LogP contribution in [0.3, 0.4) is 0 Å². The van der Waals surface area contributed by atoms with Crippen molar-refractivity contribution in [2.75, 3.05) is 0 Å².